The van der Waals surface area contributed by atoms with E-state index in [0.29, 0.717) is 0 Å². The number of hydrogen-bond acceptors (Lipinski definition) is 3. The Kier molecular flexibility index (Phi) is 6.13. The predicted molar refractivity (Wildman–Crippen MR) is 96.3 cm³/mol. The SMILES string of the molecule is CC(=O)N1CCCc2cc(OCCCN3CCCCC3)ccc2C1. The van der Waals surface area contributed by atoms with Crippen LogP contribution in [0.3, 0.4) is 0 Å². The van der Waals surface area contributed by atoms with Gasteiger partial charge in [-0.05, 0) is 68.5 Å². The highest BCUT2D eigenvalue weighted by Crippen LogP contribution is 2.24. The van der Waals surface area contributed by atoms with Crippen LogP contribution < -0.4 is 4.74 Å². The molecule has 24 heavy (non-hydrogen) atoms. The number of carbonyl (C=O) groups excluding carboxylic acids is 1. The maximum atomic E-state index is 11.6. The van der Waals surface area contributed by atoms with Crippen LogP contribution in [0.1, 0.15) is 50.2 Å². The third kappa shape index (κ3) is 4.73. The number of rotatable bonds is 5. The molecule has 0 spiro atoms. The van der Waals surface area contributed by atoms with Crippen LogP contribution >= 0.6 is 0 Å². The van der Waals surface area contributed by atoms with Gasteiger partial charge in [-0.25, -0.2) is 0 Å². The van der Waals surface area contributed by atoms with Gasteiger partial charge in [-0.2, -0.15) is 0 Å². The Morgan fingerprint density at radius 3 is 2.71 bits per heavy atom. The minimum Gasteiger partial charge on any atom is -0.494 e. The summed E-state index contributed by atoms with van der Waals surface area (Å²) in [6, 6.07) is 6.37. The van der Waals surface area contributed by atoms with E-state index in [-0.39, 0.29) is 5.91 Å². The van der Waals surface area contributed by atoms with Gasteiger partial charge in [-0.3, -0.25) is 4.79 Å². The molecule has 0 saturated carbocycles. The Hall–Kier alpha value is -1.55. The lowest BCUT2D eigenvalue weighted by Gasteiger charge is -2.26. The third-order valence-corrected chi connectivity index (χ3v) is 5.19. The molecule has 0 N–H and O–H groups in total. The lowest BCUT2D eigenvalue weighted by Crippen LogP contribution is -2.31. The maximum Gasteiger partial charge on any atom is 0.219 e. The molecule has 0 bridgehead atoms. The summed E-state index contributed by atoms with van der Waals surface area (Å²) in [6.45, 7) is 7.70. The van der Waals surface area contributed by atoms with Crippen molar-refractivity contribution in [2.24, 2.45) is 0 Å². The molecule has 0 atom stereocenters. The number of carbonyl (C=O) groups is 1. The van der Waals surface area contributed by atoms with E-state index in [1.807, 2.05) is 4.90 Å². The molecule has 2 heterocycles. The fourth-order valence-electron chi connectivity index (χ4n) is 3.75. The summed E-state index contributed by atoms with van der Waals surface area (Å²) in [7, 11) is 0. The van der Waals surface area contributed by atoms with E-state index in [1.54, 1.807) is 6.92 Å². The van der Waals surface area contributed by atoms with Gasteiger partial charge in [0, 0.05) is 26.6 Å². The van der Waals surface area contributed by atoms with Gasteiger partial charge in [0.15, 0.2) is 0 Å². The molecule has 4 heteroatoms. The highest BCUT2D eigenvalue weighted by atomic mass is 16.5. The molecular weight excluding hydrogens is 300 g/mol. The summed E-state index contributed by atoms with van der Waals surface area (Å²) in [5.74, 6) is 1.14. The lowest BCUT2D eigenvalue weighted by atomic mass is 10.0. The summed E-state index contributed by atoms with van der Waals surface area (Å²) in [5, 5.41) is 0. The molecule has 0 aromatic heterocycles. The second-order valence-corrected chi connectivity index (χ2v) is 7.08. The van der Waals surface area contributed by atoms with Crippen molar-refractivity contribution in [3.63, 3.8) is 0 Å². The van der Waals surface area contributed by atoms with Crippen LogP contribution in [0.15, 0.2) is 18.2 Å². The highest BCUT2D eigenvalue weighted by Gasteiger charge is 2.16. The zero-order valence-corrected chi connectivity index (χ0v) is 14.9. The molecule has 132 valence electrons. The van der Waals surface area contributed by atoms with Gasteiger partial charge in [-0.15, -0.1) is 0 Å². The number of piperidine rings is 1. The monoisotopic (exact) mass is 330 g/mol. The summed E-state index contributed by atoms with van der Waals surface area (Å²) >= 11 is 0. The van der Waals surface area contributed by atoms with Gasteiger partial charge in [0.25, 0.3) is 0 Å². The number of ether oxygens (including phenoxy) is 1. The Morgan fingerprint density at radius 1 is 1.08 bits per heavy atom. The fraction of sp³-hybridized carbons (Fsp3) is 0.650. The molecular formula is C20H30N2O2. The van der Waals surface area contributed by atoms with Crippen molar-refractivity contribution < 1.29 is 9.53 Å². The first-order chi connectivity index (χ1) is 11.7. The summed E-state index contributed by atoms with van der Waals surface area (Å²) in [6.07, 6.45) is 7.25. The van der Waals surface area contributed by atoms with Gasteiger partial charge in [-0.1, -0.05) is 12.5 Å². The zero-order chi connectivity index (χ0) is 16.8. The second-order valence-electron chi connectivity index (χ2n) is 7.08. The summed E-state index contributed by atoms with van der Waals surface area (Å²) in [5.41, 5.74) is 2.61. The number of hydrogen-bond donors (Lipinski definition) is 0. The molecule has 3 rings (SSSR count). The number of aryl methyl sites for hydroxylation is 1. The van der Waals surface area contributed by atoms with Crippen LogP contribution in [0, 0.1) is 0 Å². The molecule has 1 fully saturated rings. The summed E-state index contributed by atoms with van der Waals surface area (Å²) in [4.78, 5) is 16.1. The second kappa shape index (κ2) is 8.52. The molecule has 0 radical (unpaired) electrons. The van der Waals surface area contributed by atoms with Gasteiger partial charge in [0.1, 0.15) is 5.75 Å². The van der Waals surface area contributed by atoms with Crippen LogP contribution in [0.25, 0.3) is 0 Å². The van der Waals surface area contributed by atoms with E-state index in [9.17, 15) is 4.79 Å². The number of nitrogens with zero attached hydrogens (tertiary/aromatic N) is 2. The van der Waals surface area contributed by atoms with Crippen molar-refractivity contribution in [3.8, 4) is 5.75 Å². The van der Waals surface area contributed by atoms with E-state index in [4.69, 9.17) is 4.74 Å². The van der Waals surface area contributed by atoms with Crippen molar-refractivity contribution in [1.29, 1.82) is 0 Å². The number of likely N-dealkylation sites (tertiary alicyclic amines) is 1. The van der Waals surface area contributed by atoms with Crippen molar-refractivity contribution in [2.45, 2.75) is 52.0 Å². The Balaban J connectivity index is 1.48. The van der Waals surface area contributed by atoms with Crippen LogP contribution in [0.2, 0.25) is 0 Å². The first-order valence-electron chi connectivity index (χ1n) is 9.45. The fourth-order valence-corrected chi connectivity index (χ4v) is 3.75. The minimum absolute atomic E-state index is 0.167. The van der Waals surface area contributed by atoms with Crippen LogP contribution in [0.5, 0.6) is 5.75 Å². The van der Waals surface area contributed by atoms with Crippen molar-refractivity contribution in [2.75, 3.05) is 32.8 Å². The number of amides is 1. The van der Waals surface area contributed by atoms with Gasteiger partial charge < -0.3 is 14.5 Å². The van der Waals surface area contributed by atoms with Gasteiger partial charge in [0.05, 0.1) is 6.61 Å². The maximum absolute atomic E-state index is 11.6. The van der Waals surface area contributed by atoms with Crippen molar-refractivity contribution in [3.05, 3.63) is 29.3 Å². The summed E-state index contributed by atoms with van der Waals surface area (Å²) < 4.78 is 5.97. The van der Waals surface area contributed by atoms with Gasteiger partial charge >= 0.3 is 0 Å². The molecule has 1 aromatic carbocycles. The van der Waals surface area contributed by atoms with E-state index < -0.39 is 0 Å². The normalized spacial score (nSPS) is 18.8. The smallest absolute Gasteiger partial charge is 0.219 e. The molecule has 1 saturated heterocycles. The standard InChI is InChI=1S/C20H30N2O2/c1-17(23)22-13-5-7-18-15-20(9-8-19(18)16-22)24-14-6-12-21-10-3-2-4-11-21/h8-9,15H,2-7,10-14,16H2,1H3. The molecule has 1 amide bonds. The average molecular weight is 330 g/mol. The van der Waals surface area contributed by atoms with Gasteiger partial charge in [0.2, 0.25) is 5.91 Å². The number of benzene rings is 1. The highest BCUT2D eigenvalue weighted by molar-refractivity contribution is 5.73. The zero-order valence-electron chi connectivity index (χ0n) is 14.9. The molecule has 4 nitrogen and oxygen atoms in total. The van der Waals surface area contributed by atoms with E-state index in [1.165, 1.54) is 43.5 Å². The molecule has 1 aromatic rings. The Labute approximate surface area is 145 Å². The largest absolute Gasteiger partial charge is 0.494 e. The molecule has 0 aliphatic carbocycles. The topological polar surface area (TPSA) is 32.8 Å². The first-order valence-corrected chi connectivity index (χ1v) is 9.45. The Bertz CT molecular complexity index is 553. The molecule has 0 unspecified atom stereocenters. The molecule has 2 aliphatic heterocycles. The van der Waals surface area contributed by atoms with Crippen molar-refractivity contribution in [1.82, 2.24) is 9.80 Å². The quantitative estimate of drug-likeness (QED) is 0.777. The van der Waals surface area contributed by atoms with Crippen LogP contribution in [0.4, 0.5) is 0 Å². The van der Waals surface area contributed by atoms with E-state index in [0.717, 1.165) is 51.3 Å². The van der Waals surface area contributed by atoms with Crippen LogP contribution in [-0.2, 0) is 17.8 Å². The average Bonchev–Trinajstić information content (AvgIpc) is 2.82. The van der Waals surface area contributed by atoms with E-state index >= 15 is 0 Å². The molecule has 2 aliphatic rings. The van der Waals surface area contributed by atoms with Crippen molar-refractivity contribution >= 4 is 5.91 Å². The Morgan fingerprint density at radius 2 is 1.92 bits per heavy atom. The van der Waals surface area contributed by atoms with Crippen LogP contribution in [-0.4, -0.2) is 48.5 Å². The minimum atomic E-state index is 0.167. The number of fused-ring (bicyclic) bond motifs is 1. The lowest BCUT2D eigenvalue weighted by molar-refractivity contribution is -0.129. The first kappa shape index (κ1) is 17.3. The third-order valence-electron chi connectivity index (χ3n) is 5.19. The van der Waals surface area contributed by atoms with E-state index in [2.05, 4.69) is 23.1 Å². The predicted octanol–water partition coefficient (Wildman–Crippen LogP) is 3.24.